The molecule has 1 fully saturated rings. The van der Waals surface area contributed by atoms with Crippen LogP contribution in [0.2, 0.25) is 0 Å². The third-order valence-corrected chi connectivity index (χ3v) is 4.85. The first-order chi connectivity index (χ1) is 12.2. The zero-order valence-electron chi connectivity index (χ0n) is 13.5. The first-order valence-corrected chi connectivity index (χ1v) is 8.87. The molecule has 1 aromatic carbocycles. The van der Waals surface area contributed by atoms with Crippen LogP contribution < -0.4 is 10.1 Å². The summed E-state index contributed by atoms with van der Waals surface area (Å²) in [5.41, 5.74) is 1.06. The molecule has 1 aromatic heterocycles. The normalized spacial score (nSPS) is 19.7. The summed E-state index contributed by atoms with van der Waals surface area (Å²) in [6, 6.07) is 7.63. The molecule has 3 rings (SSSR count). The molecule has 2 aromatic rings. The molecule has 1 saturated carbocycles. The van der Waals surface area contributed by atoms with E-state index in [9.17, 15) is 4.79 Å². The van der Waals surface area contributed by atoms with Gasteiger partial charge in [0.05, 0.1) is 17.2 Å². The van der Waals surface area contributed by atoms with Crippen molar-refractivity contribution in [3.8, 4) is 11.8 Å². The molecular weight excluding hydrogens is 384 g/mol. The Kier molecular flexibility index (Phi) is 5.61. The average molecular weight is 401 g/mol. The topological polar surface area (TPSA) is 87.9 Å². The minimum absolute atomic E-state index is 0.119. The van der Waals surface area contributed by atoms with Gasteiger partial charge in [-0.2, -0.15) is 5.26 Å². The van der Waals surface area contributed by atoms with E-state index in [1.807, 2.05) is 12.1 Å². The van der Waals surface area contributed by atoms with Crippen LogP contribution in [-0.4, -0.2) is 28.0 Å². The number of carbonyl (C=O) groups is 1. The van der Waals surface area contributed by atoms with Crippen molar-refractivity contribution in [1.29, 1.82) is 5.26 Å². The van der Waals surface area contributed by atoms with Crippen LogP contribution in [0, 0.1) is 11.3 Å². The van der Waals surface area contributed by atoms with Crippen LogP contribution in [0.1, 0.15) is 41.6 Å². The third kappa shape index (κ3) is 4.54. The molecule has 128 valence electrons. The third-order valence-electron chi connectivity index (χ3n) is 4.20. The van der Waals surface area contributed by atoms with Crippen molar-refractivity contribution < 1.29 is 9.53 Å². The van der Waals surface area contributed by atoms with Crippen molar-refractivity contribution >= 4 is 21.8 Å². The van der Waals surface area contributed by atoms with Crippen molar-refractivity contribution in [3.05, 3.63) is 52.5 Å². The summed E-state index contributed by atoms with van der Waals surface area (Å²) in [5, 5.41) is 12.0. The largest absolute Gasteiger partial charge is 0.490 e. The fourth-order valence-electron chi connectivity index (χ4n) is 2.86. The lowest BCUT2D eigenvalue weighted by atomic mass is 9.92. The summed E-state index contributed by atoms with van der Waals surface area (Å²) in [6.45, 7) is 0. The van der Waals surface area contributed by atoms with E-state index < -0.39 is 0 Å². The van der Waals surface area contributed by atoms with Gasteiger partial charge in [-0.3, -0.25) is 4.79 Å². The number of nitriles is 1. The Bertz CT molecular complexity index is 783. The molecule has 1 N–H and O–H groups in total. The highest BCUT2D eigenvalue weighted by molar-refractivity contribution is 9.10. The lowest BCUT2D eigenvalue weighted by Crippen LogP contribution is -2.39. The monoisotopic (exact) mass is 400 g/mol. The Labute approximate surface area is 154 Å². The molecule has 0 atom stereocenters. The Morgan fingerprint density at radius 2 is 1.96 bits per heavy atom. The van der Waals surface area contributed by atoms with Crippen molar-refractivity contribution in [3.63, 3.8) is 0 Å². The maximum atomic E-state index is 12.1. The van der Waals surface area contributed by atoms with Crippen LogP contribution in [0.3, 0.4) is 0 Å². The maximum Gasteiger partial charge on any atom is 0.254 e. The smallest absolute Gasteiger partial charge is 0.254 e. The first-order valence-electron chi connectivity index (χ1n) is 8.08. The molecule has 1 amide bonds. The minimum Gasteiger partial charge on any atom is -0.490 e. The summed E-state index contributed by atoms with van der Waals surface area (Å²) in [4.78, 5) is 19.9. The molecule has 1 heterocycles. The fourth-order valence-corrected chi connectivity index (χ4v) is 3.31. The van der Waals surface area contributed by atoms with E-state index in [0.717, 1.165) is 35.9 Å². The molecule has 1 aliphatic carbocycles. The first kappa shape index (κ1) is 17.4. The quantitative estimate of drug-likeness (QED) is 0.850. The molecule has 6 nitrogen and oxygen atoms in total. The van der Waals surface area contributed by atoms with Gasteiger partial charge in [0.1, 0.15) is 18.1 Å². The molecule has 7 heteroatoms. The molecule has 0 saturated heterocycles. The molecule has 1 aliphatic rings. The van der Waals surface area contributed by atoms with Crippen molar-refractivity contribution in [2.24, 2.45) is 0 Å². The van der Waals surface area contributed by atoms with Gasteiger partial charge in [0.25, 0.3) is 5.91 Å². The van der Waals surface area contributed by atoms with Gasteiger partial charge in [-0.1, -0.05) is 0 Å². The van der Waals surface area contributed by atoms with Crippen LogP contribution in [-0.2, 0) is 0 Å². The van der Waals surface area contributed by atoms with E-state index in [1.165, 1.54) is 18.7 Å². The Balaban J connectivity index is 1.50. The Hall–Kier alpha value is -2.46. The van der Waals surface area contributed by atoms with Crippen LogP contribution in [0.15, 0.2) is 41.4 Å². The maximum absolute atomic E-state index is 12.1. The second kappa shape index (κ2) is 8.08. The number of nitrogens with zero attached hydrogens (tertiary/aromatic N) is 3. The molecule has 0 unspecified atom stereocenters. The molecule has 0 spiro atoms. The van der Waals surface area contributed by atoms with Gasteiger partial charge in [0.15, 0.2) is 0 Å². The van der Waals surface area contributed by atoms with Gasteiger partial charge in [-0.25, -0.2) is 9.97 Å². The van der Waals surface area contributed by atoms with Crippen LogP contribution >= 0.6 is 15.9 Å². The van der Waals surface area contributed by atoms with Crippen LogP contribution in [0.25, 0.3) is 0 Å². The fraction of sp³-hybridized carbons (Fsp3) is 0.333. The summed E-state index contributed by atoms with van der Waals surface area (Å²) >= 11 is 3.37. The van der Waals surface area contributed by atoms with Crippen molar-refractivity contribution in [2.75, 3.05) is 0 Å². The SMILES string of the molecule is N#Cc1ccc(O[C@H]2CC[C@H](NC(=O)c3cncnc3)CC2)cc1Br. The van der Waals surface area contributed by atoms with E-state index >= 15 is 0 Å². The molecule has 0 radical (unpaired) electrons. The lowest BCUT2D eigenvalue weighted by molar-refractivity contribution is 0.0893. The summed E-state index contributed by atoms with van der Waals surface area (Å²) < 4.78 is 6.74. The predicted molar refractivity (Wildman–Crippen MR) is 95.0 cm³/mol. The van der Waals surface area contributed by atoms with Crippen LogP contribution in [0.5, 0.6) is 5.75 Å². The van der Waals surface area contributed by atoms with Gasteiger partial charge < -0.3 is 10.1 Å². The average Bonchev–Trinajstić information content (AvgIpc) is 2.64. The van der Waals surface area contributed by atoms with E-state index in [4.69, 9.17) is 10.00 Å². The number of benzene rings is 1. The van der Waals surface area contributed by atoms with Gasteiger partial charge in [0.2, 0.25) is 0 Å². The number of carbonyl (C=O) groups excluding carboxylic acids is 1. The second-order valence-corrected chi connectivity index (χ2v) is 6.80. The van der Waals surface area contributed by atoms with Crippen molar-refractivity contribution in [2.45, 2.75) is 37.8 Å². The number of aromatic nitrogens is 2. The number of nitrogens with one attached hydrogen (secondary N) is 1. The minimum atomic E-state index is -0.138. The van der Waals surface area contributed by atoms with Gasteiger partial charge in [0, 0.05) is 22.9 Å². The summed E-state index contributed by atoms with van der Waals surface area (Å²) in [6.07, 6.45) is 8.01. The molecule has 0 bridgehead atoms. The molecular formula is C18H17BrN4O2. The highest BCUT2D eigenvalue weighted by atomic mass is 79.9. The van der Waals surface area contributed by atoms with E-state index in [-0.39, 0.29) is 18.1 Å². The van der Waals surface area contributed by atoms with Gasteiger partial charge in [-0.15, -0.1) is 0 Å². The second-order valence-electron chi connectivity index (χ2n) is 5.95. The number of amides is 1. The Morgan fingerprint density at radius 1 is 1.24 bits per heavy atom. The van der Waals surface area contributed by atoms with E-state index in [1.54, 1.807) is 6.07 Å². The summed E-state index contributed by atoms with van der Waals surface area (Å²) in [5.74, 6) is 0.612. The number of halogens is 1. The zero-order valence-corrected chi connectivity index (χ0v) is 15.1. The van der Waals surface area contributed by atoms with Crippen molar-refractivity contribution in [1.82, 2.24) is 15.3 Å². The number of hydrogen-bond acceptors (Lipinski definition) is 5. The number of hydrogen-bond donors (Lipinski definition) is 1. The highest BCUT2D eigenvalue weighted by Crippen LogP contribution is 2.27. The number of rotatable bonds is 4. The van der Waals surface area contributed by atoms with E-state index in [0.29, 0.717) is 11.1 Å². The van der Waals surface area contributed by atoms with E-state index in [2.05, 4.69) is 37.3 Å². The number of ether oxygens (including phenoxy) is 1. The Morgan fingerprint density at radius 3 is 2.60 bits per heavy atom. The standard InChI is InChI=1S/C18H17BrN4O2/c19-17-7-16(4-1-12(17)8-20)25-15-5-2-14(3-6-15)23-18(24)13-9-21-11-22-10-13/h1,4,7,9-11,14-15H,2-3,5-6H2,(H,23,24)/t14-,15-. The molecule has 25 heavy (non-hydrogen) atoms. The lowest BCUT2D eigenvalue weighted by Gasteiger charge is -2.29. The molecule has 0 aliphatic heterocycles. The highest BCUT2D eigenvalue weighted by Gasteiger charge is 2.24. The summed E-state index contributed by atoms with van der Waals surface area (Å²) in [7, 11) is 0. The van der Waals surface area contributed by atoms with Crippen LogP contribution in [0.4, 0.5) is 0 Å². The van der Waals surface area contributed by atoms with Gasteiger partial charge in [-0.05, 0) is 59.8 Å². The zero-order chi connectivity index (χ0) is 17.6. The predicted octanol–water partition coefficient (Wildman–Crippen LogP) is 3.23. The van der Waals surface area contributed by atoms with Gasteiger partial charge >= 0.3 is 0 Å².